The molecule has 0 unspecified atom stereocenters. The van der Waals surface area contributed by atoms with Crippen LogP contribution in [0.1, 0.15) is 64.4 Å². The van der Waals surface area contributed by atoms with Gasteiger partial charge in [-0.15, -0.1) is 10.2 Å². The summed E-state index contributed by atoms with van der Waals surface area (Å²) in [6.07, 6.45) is -6.56. The molecule has 364 valence electrons. The van der Waals surface area contributed by atoms with Gasteiger partial charge in [-0.3, -0.25) is 4.79 Å². The van der Waals surface area contributed by atoms with Gasteiger partial charge < -0.3 is 25.2 Å². The summed E-state index contributed by atoms with van der Waals surface area (Å²) in [4.78, 5) is 32.3. The number of hydrogen-bond acceptors (Lipinski definition) is 10. The summed E-state index contributed by atoms with van der Waals surface area (Å²) < 4.78 is 118. The van der Waals surface area contributed by atoms with Crippen molar-refractivity contribution >= 4 is 34.4 Å². The number of nitrogens with one attached hydrogen (secondary N) is 2. The number of benzene rings is 4. The third kappa shape index (κ3) is 12.5. The summed E-state index contributed by atoms with van der Waals surface area (Å²) in [6.45, 7) is 4.64. The molecule has 0 bridgehead atoms. The van der Waals surface area contributed by atoms with Gasteiger partial charge in [0.25, 0.3) is 0 Å². The summed E-state index contributed by atoms with van der Waals surface area (Å²) in [6, 6.07) is 23.6. The van der Waals surface area contributed by atoms with Crippen molar-refractivity contribution in [2.45, 2.75) is 58.8 Å². The van der Waals surface area contributed by atoms with Gasteiger partial charge >= 0.3 is 18.3 Å². The SMILES string of the molecule is CCCC(=O)c1ccc(-c2cnc3c(NCCC(F)(F)F)cc(Oc4cccc(F)c4)nn23)cc1C.Cc1cc(-c2cnc3c(NCCC(F)(F)F)cc(Oc4cccc(F)c4)nn23)ccc1C(=O)O. The number of Topliss-reactive ketones (excluding diaryl/α,β-unsaturated/α-hetero) is 1. The van der Waals surface area contributed by atoms with E-state index >= 15 is 0 Å². The summed E-state index contributed by atoms with van der Waals surface area (Å²) in [5, 5.41) is 23.6. The van der Waals surface area contributed by atoms with Crippen LogP contribution >= 0.6 is 0 Å². The summed E-state index contributed by atoms with van der Waals surface area (Å²) in [5.74, 6) is -1.69. The Kier molecular flexibility index (Phi) is 15.0. The maximum absolute atomic E-state index is 13.6. The molecule has 70 heavy (non-hydrogen) atoms. The number of carboxylic acids is 1. The van der Waals surface area contributed by atoms with Crippen LogP contribution in [0.15, 0.2) is 109 Å². The highest BCUT2D eigenvalue weighted by Crippen LogP contribution is 2.33. The van der Waals surface area contributed by atoms with Crippen LogP contribution in [0.2, 0.25) is 0 Å². The molecular weight excluding hydrogens is 933 g/mol. The monoisotopic (exact) mass is 974 g/mol. The molecule has 21 heteroatoms. The number of rotatable bonds is 16. The quantitative estimate of drug-likeness (QED) is 0.0625. The van der Waals surface area contributed by atoms with Gasteiger partial charge in [0.15, 0.2) is 17.1 Å². The predicted molar refractivity (Wildman–Crippen MR) is 244 cm³/mol. The van der Waals surface area contributed by atoms with Crippen molar-refractivity contribution in [1.29, 1.82) is 0 Å². The van der Waals surface area contributed by atoms with Crippen LogP contribution in [0.25, 0.3) is 33.8 Å². The molecule has 0 aliphatic rings. The van der Waals surface area contributed by atoms with Crippen LogP contribution in [0, 0.1) is 25.5 Å². The number of carboxylic acid groups (broad SMARTS) is 1. The molecule has 0 aliphatic carbocycles. The van der Waals surface area contributed by atoms with E-state index in [0.717, 1.165) is 18.1 Å². The maximum atomic E-state index is 13.6. The van der Waals surface area contributed by atoms with Crippen LogP contribution in [0.4, 0.5) is 46.5 Å². The Bertz CT molecular complexity index is 3190. The second-order valence-electron chi connectivity index (χ2n) is 15.8. The average Bonchev–Trinajstić information content (AvgIpc) is 3.91. The Labute approximate surface area is 393 Å². The number of ether oxygens (including phenoxy) is 2. The van der Waals surface area contributed by atoms with E-state index in [-0.39, 0.29) is 58.2 Å². The third-order valence-corrected chi connectivity index (χ3v) is 10.4. The number of aromatic carboxylic acids is 1. The zero-order valence-corrected chi connectivity index (χ0v) is 37.4. The van der Waals surface area contributed by atoms with Gasteiger partial charge in [-0.25, -0.2) is 32.6 Å². The fourth-order valence-electron chi connectivity index (χ4n) is 7.19. The fraction of sp³-hybridized carbons (Fsp3) is 0.224. The second kappa shape index (κ2) is 21.0. The number of alkyl halides is 6. The van der Waals surface area contributed by atoms with Gasteiger partial charge in [0.1, 0.15) is 23.1 Å². The van der Waals surface area contributed by atoms with Gasteiger partial charge in [-0.05, 0) is 73.9 Å². The molecule has 0 amide bonds. The lowest BCUT2D eigenvalue weighted by molar-refractivity contribution is -0.132. The predicted octanol–water partition coefficient (Wildman–Crippen LogP) is 12.7. The van der Waals surface area contributed by atoms with E-state index in [0.29, 0.717) is 45.7 Å². The topological polar surface area (TPSA) is 157 Å². The smallest absolute Gasteiger partial charge is 0.390 e. The van der Waals surface area contributed by atoms with Crippen molar-refractivity contribution < 1.29 is 59.3 Å². The highest BCUT2D eigenvalue weighted by atomic mass is 19.4. The Morgan fingerprint density at radius 3 is 1.46 bits per heavy atom. The van der Waals surface area contributed by atoms with Crippen molar-refractivity contribution in [2.24, 2.45) is 0 Å². The van der Waals surface area contributed by atoms with Crippen molar-refractivity contribution in [3.05, 3.63) is 143 Å². The van der Waals surface area contributed by atoms with Crippen LogP contribution in [-0.4, -0.2) is 71.5 Å². The molecule has 0 spiro atoms. The highest BCUT2D eigenvalue weighted by Gasteiger charge is 2.28. The Hall–Kier alpha value is -8.10. The van der Waals surface area contributed by atoms with E-state index < -0.39 is 49.3 Å². The van der Waals surface area contributed by atoms with Crippen LogP contribution < -0.4 is 20.1 Å². The second-order valence-corrected chi connectivity index (χ2v) is 15.8. The summed E-state index contributed by atoms with van der Waals surface area (Å²) >= 11 is 0. The van der Waals surface area contributed by atoms with E-state index in [9.17, 15) is 49.8 Å². The number of imidazole rings is 2. The van der Waals surface area contributed by atoms with Crippen molar-refractivity contribution in [2.75, 3.05) is 23.7 Å². The summed E-state index contributed by atoms with van der Waals surface area (Å²) in [5.41, 5.74) is 5.41. The van der Waals surface area contributed by atoms with E-state index in [1.165, 1.54) is 75.9 Å². The molecule has 4 aromatic carbocycles. The molecule has 0 radical (unpaired) electrons. The number of anilines is 2. The minimum Gasteiger partial charge on any atom is -0.478 e. The van der Waals surface area contributed by atoms with Gasteiger partial charge in [0.2, 0.25) is 11.8 Å². The molecule has 0 saturated carbocycles. The molecule has 0 fully saturated rings. The maximum Gasteiger partial charge on any atom is 0.390 e. The number of hydrogen-bond donors (Lipinski definition) is 3. The minimum atomic E-state index is -4.35. The van der Waals surface area contributed by atoms with E-state index in [2.05, 4.69) is 30.8 Å². The third-order valence-electron chi connectivity index (χ3n) is 10.4. The molecule has 0 saturated heterocycles. The molecule has 3 N–H and O–H groups in total. The number of aryl methyl sites for hydroxylation is 2. The first-order valence-electron chi connectivity index (χ1n) is 21.5. The minimum absolute atomic E-state index is 0.00858. The molecule has 4 aromatic heterocycles. The normalized spacial score (nSPS) is 11.6. The Balaban J connectivity index is 0.000000207. The number of carbonyl (C=O) groups is 2. The first-order valence-corrected chi connectivity index (χ1v) is 21.5. The van der Waals surface area contributed by atoms with Crippen molar-refractivity contribution in [3.8, 4) is 45.8 Å². The number of fused-ring (bicyclic) bond motifs is 2. The molecule has 13 nitrogen and oxygen atoms in total. The standard InChI is InChI=1S/C26H24F4N4O2.C23H18F4N4O3/c1-3-5-23(35)20-9-8-17(12-16(20)2)22-15-32-25-21(31-11-10-26(28,29)30)14-24(33-34(22)25)36-19-7-4-6-18(27)13-19;1-13-9-14(5-6-17(13)22(32)33)19-12-29-21-18(28-8-7-23(25,26)27)11-20(30-31(19)21)34-16-4-2-3-15(24)10-16/h4,6-9,12-15,31H,3,5,10-11H2,1-2H3;2-6,9-12,28H,7-8H2,1H3,(H,32,33). The van der Waals surface area contributed by atoms with E-state index in [4.69, 9.17) is 9.47 Å². The first kappa shape index (κ1) is 49.8. The van der Waals surface area contributed by atoms with Crippen LogP contribution in [-0.2, 0) is 0 Å². The lowest BCUT2D eigenvalue weighted by Gasteiger charge is -2.13. The molecule has 8 rings (SSSR count). The fourth-order valence-corrected chi connectivity index (χ4v) is 7.19. The Morgan fingerprint density at radius 2 is 1.07 bits per heavy atom. The highest BCUT2D eigenvalue weighted by molar-refractivity contribution is 5.98. The Morgan fingerprint density at radius 1 is 0.629 bits per heavy atom. The lowest BCUT2D eigenvalue weighted by Crippen LogP contribution is -2.15. The van der Waals surface area contributed by atoms with Crippen molar-refractivity contribution in [1.82, 2.24) is 29.2 Å². The van der Waals surface area contributed by atoms with Crippen LogP contribution in [0.5, 0.6) is 23.3 Å². The van der Waals surface area contributed by atoms with Crippen molar-refractivity contribution in [3.63, 3.8) is 0 Å². The largest absolute Gasteiger partial charge is 0.478 e. The molecule has 0 atom stereocenters. The van der Waals surface area contributed by atoms with Crippen LogP contribution in [0.3, 0.4) is 0 Å². The number of aromatic nitrogens is 6. The number of halogens is 8. The first-order chi connectivity index (χ1) is 33.2. The molecular formula is C49H42F8N8O5. The number of ketones is 1. The molecule has 8 aromatic rings. The van der Waals surface area contributed by atoms with Gasteiger partial charge in [-0.2, -0.15) is 26.3 Å². The van der Waals surface area contributed by atoms with Gasteiger partial charge in [0, 0.05) is 60.5 Å². The van der Waals surface area contributed by atoms with E-state index in [1.54, 1.807) is 37.4 Å². The average molecular weight is 975 g/mol. The van der Waals surface area contributed by atoms with Gasteiger partial charge in [-0.1, -0.05) is 37.3 Å². The number of carbonyl (C=O) groups excluding carboxylic acids is 1. The summed E-state index contributed by atoms with van der Waals surface area (Å²) in [7, 11) is 0. The van der Waals surface area contributed by atoms with E-state index in [1.807, 2.05) is 19.9 Å². The zero-order chi connectivity index (χ0) is 50.3. The molecule has 0 aliphatic heterocycles. The van der Waals surface area contributed by atoms with Gasteiger partial charge in [0.05, 0.1) is 53.6 Å². The number of nitrogens with zero attached hydrogens (tertiary/aromatic N) is 6. The zero-order valence-electron chi connectivity index (χ0n) is 37.4. The molecule has 4 heterocycles. The lowest BCUT2D eigenvalue weighted by atomic mass is 9.98.